The summed E-state index contributed by atoms with van der Waals surface area (Å²) in [6, 6.07) is 14.3. The molecule has 0 bridgehead atoms. The molecule has 0 aliphatic carbocycles. The molecule has 1 N–H and O–H groups in total. The van der Waals surface area contributed by atoms with Crippen LogP contribution >= 0.6 is 15.9 Å². The topological polar surface area (TPSA) is 42.7 Å². The predicted molar refractivity (Wildman–Crippen MR) is 101 cm³/mol. The number of halogens is 1. The first kappa shape index (κ1) is 15.9. The molecule has 23 heavy (non-hydrogen) atoms. The molecule has 0 amide bonds. The number of rotatable bonds is 1. The molecule has 0 radical (unpaired) electrons. The summed E-state index contributed by atoms with van der Waals surface area (Å²) in [4.78, 5) is 9.61. The van der Waals surface area contributed by atoms with Crippen molar-refractivity contribution < 1.29 is 0 Å². The average molecular weight is 371 g/mol. The van der Waals surface area contributed by atoms with E-state index in [1.54, 1.807) is 0 Å². The maximum absolute atomic E-state index is 4.81. The molecule has 0 spiro atoms. The standard InChI is InChI=1S/C16H12BrN3.C2H7N/c1-2-20-14-8-7-10(17)9-11(14)15-16(20)19-13-6-4-3-5-12(13)18-15;1-3-2/h3-9H,2H2,1H3;3H,1-2H3. The Hall–Kier alpha value is -1.98. The molecule has 2 aromatic heterocycles. The molecule has 2 aromatic carbocycles. The SMILES string of the molecule is CCn1c2ccc(Br)cc2c2nc3ccccc3nc21.CNC. The molecule has 2 heterocycles. The van der Waals surface area contributed by atoms with Crippen molar-refractivity contribution >= 4 is 49.0 Å². The Bertz CT molecular complexity index is 975. The molecule has 5 heteroatoms. The van der Waals surface area contributed by atoms with Crippen molar-refractivity contribution in [1.82, 2.24) is 19.9 Å². The zero-order valence-corrected chi connectivity index (χ0v) is 15.1. The summed E-state index contributed by atoms with van der Waals surface area (Å²) in [5.41, 5.74) is 4.99. The largest absolute Gasteiger partial charge is 0.324 e. The van der Waals surface area contributed by atoms with E-state index in [4.69, 9.17) is 9.97 Å². The van der Waals surface area contributed by atoms with Gasteiger partial charge in [-0.05, 0) is 51.4 Å². The van der Waals surface area contributed by atoms with Gasteiger partial charge in [0.1, 0.15) is 5.52 Å². The minimum absolute atomic E-state index is 0.884. The van der Waals surface area contributed by atoms with E-state index in [-0.39, 0.29) is 0 Å². The van der Waals surface area contributed by atoms with Crippen LogP contribution in [0.15, 0.2) is 46.9 Å². The molecule has 4 aromatic rings. The van der Waals surface area contributed by atoms with E-state index < -0.39 is 0 Å². The van der Waals surface area contributed by atoms with Crippen LogP contribution in [0, 0.1) is 0 Å². The molecule has 4 rings (SSSR count). The molecule has 0 atom stereocenters. The van der Waals surface area contributed by atoms with Gasteiger partial charge in [-0.25, -0.2) is 9.97 Å². The molecule has 0 saturated carbocycles. The van der Waals surface area contributed by atoms with E-state index >= 15 is 0 Å². The lowest BCUT2D eigenvalue weighted by molar-refractivity contribution is 0.817. The third-order valence-electron chi connectivity index (χ3n) is 3.63. The zero-order chi connectivity index (χ0) is 16.4. The van der Waals surface area contributed by atoms with E-state index in [9.17, 15) is 0 Å². The van der Waals surface area contributed by atoms with Crippen LogP contribution in [0.2, 0.25) is 0 Å². The Morgan fingerprint density at radius 2 is 1.70 bits per heavy atom. The molecule has 118 valence electrons. The van der Waals surface area contributed by atoms with Gasteiger partial charge in [-0.1, -0.05) is 28.1 Å². The Morgan fingerprint density at radius 3 is 2.35 bits per heavy atom. The number of nitrogens with one attached hydrogen (secondary N) is 1. The second kappa shape index (κ2) is 6.64. The number of aromatic nitrogens is 3. The van der Waals surface area contributed by atoms with E-state index in [2.05, 4.69) is 50.9 Å². The van der Waals surface area contributed by atoms with Crippen molar-refractivity contribution in [2.75, 3.05) is 14.1 Å². The summed E-state index contributed by atoms with van der Waals surface area (Å²) in [5.74, 6) is 0. The number of hydrogen-bond donors (Lipinski definition) is 1. The second-order valence-corrected chi connectivity index (χ2v) is 6.21. The highest BCUT2D eigenvalue weighted by Gasteiger charge is 2.13. The summed E-state index contributed by atoms with van der Waals surface area (Å²) >= 11 is 3.54. The van der Waals surface area contributed by atoms with Crippen LogP contribution in [0.1, 0.15) is 6.92 Å². The van der Waals surface area contributed by atoms with Crippen LogP contribution < -0.4 is 5.32 Å². The molecule has 0 aliphatic heterocycles. The number of hydrogen-bond acceptors (Lipinski definition) is 3. The van der Waals surface area contributed by atoms with Crippen LogP contribution in [0.3, 0.4) is 0 Å². The number of benzene rings is 2. The minimum Gasteiger partial charge on any atom is -0.324 e. The average Bonchev–Trinajstić information content (AvgIpc) is 2.85. The first-order valence-corrected chi connectivity index (χ1v) is 8.41. The van der Waals surface area contributed by atoms with Crippen LogP contribution in [-0.4, -0.2) is 28.6 Å². The lowest BCUT2D eigenvalue weighted by Crippen LogP contribution is -1.96. The van der Waals surface area contributed by atoms with Crippen molar-refractivity contribution in [3.05, 3.63) is 46.9 Å². The minimum atomic E-state index is 0.884. The van der Waals surface area contributed by atoms with E-state index in [1.807, 2.05) is 38.4 Å². The van der Waals surface area contributed by atoms with Gasteiger partial charge in [-0.15, -0.1) is 0 Å². The van der Waals surface area contributed by atoms with Crippen molar-refractivity contribution in [3.63, 3.8) is 0 Å². The maximum Gasteiger partial charge on any atom is 0.160 e. The van der Waals surface area contributed by atoms with Gasteiger partial charge in [0.15, 0.2) is 5.65 Å². The van der Waals surface area contributed by atoms with Crippen molar-refractivity contribution in [3.8, 4) is 0 Å². The third-order valence-corrected chi connectivity index (χ3v) is 4.12. The van der Waals surface area contributed by atoms with Crippen LogP contribution in [0.25, 0.3) is 33.1 Å². The van der Waals surface area contributed by atoms with Crippen molar-refractivity contribution in [2.24, 2.45) is 0 Å². The molecule has 0 unspecified atom stereocenters. The predicted octanol–water partition coefficient (Wildman–Crippen LogP) is 4.36. The highest BCUT2D eigenvalue weighted by molar-refractivity contribution is 9.10. The van der Waals surface area contributed by atoms with Gasteiger partial charge >= 0.3 is 0 Å². The zero-order valence-electron chi connectivity index (χ0n) is 13.5. The highest BCUT2D eigenvalue weighted by Crippen LogP contribution is 2.30. The van der Waals surface area contributed by atoms with Gasteiger partial charge in [0, 0.05) is 16.4 Å². The van der Waals surface area contributed by atoms with Gasteiger partial charge < -0.3 is 9.88 Å². The highest BCUT2D eigenvalue weighted by atomic mass is 79.9. The monoisotopic (exact) mass is 370 g/mol. The number of fused-ring (bicyclic) bond motifs is 4. The summed E-state index contributed by atoms with van der Waals surface area (Å²) in [5, 5.41) is 3.90. The van der Waals surface area contributed by atoms with Crippen LogP contribution in [0.5, 0.6) is 0 Å². The first-order valence-electron chi connectivity index (χ1n) is 7.62. The van der Waals surface area contributed by atoms with Crippen LogP contribution in [-0.2, 0) is 6.54 Å². The second-order valence-electron chi connectivity index (χ2n) is 5.29. The smallest absolute Gasteiger partial charge is 0.160 e. The summed E-state index contributed by atoms with van der Waals surface area (Å²) < 4.78 is 3.28. The van der Waals surface area contributed by atoms with Gasteiger partial charge in [-0.2, -0.15) is 0 Å². The first-order chi connectivity index (χ1) is 11.2. The summed E-state index contributed by atoms with van der Waals surface area (Å²) in [6.07, 6.45) is 0. The van der Waals surface area contributed by atoms with E-state index in [0.29, 0.717) is 0 Å². The van der Waals surface area contributed by atoms with Gasteiger partial charge in [-0.3, -0.25) is 0 Å². The number of aryl methyl sites for hydroxylation is 1. The van der Waals surface area contributed by atoms with Crippen molar-refractivity contribution in [1.29, 1.82) is 0 Å². The van der Waals surface area contributed by atoms with Crippen LogP contribution in [0.4, 0.5) is 0 Å². The Morgan fingerprint density at radius 1 is 1.04 bits per heavy atom. The Labute approximate surface area is 143 Å². The van der Waals surface area contributed by atoms with Gasteiger partial charge in [0.2, 0.25) is 0 Å². The normalized spacial score (nSPS) is 11.0. The number of nitrogens with zero attached hydrogens (tertiary/aromatic N) is 3. The molecule has 0 fully saturated rings. The summed E-state index contributed by atoms with van der Waals surface area (Å²) in [6.45, 7) is 3.02. The maximum atomic E-state index is 4.81. The quantitative estimate of drug-likeness (QED) is 0.541. The third kappa shape index (κ3) is 2.82. The summed E-state index contributed by atoms with van der Waals surface area (Å²) in [7, 11) is 3.75. The lowest BCUT2D eigenvalue weighted by Gasteiger charge is -2.02. The fourth-order valence-electron chi connectivity index (χ4n) is 2.73. The lowest BCUT2D eigenvalue weighted by atomic mass is 10.2. The molecule has 4 nitrogen and oxygen atoms in total. The van der Waals surface area contributed by atoms with E-state index in [1.165, 1.54) is 5.52 Å². The fraction of sp³-hybridized carbons (Fsp3) is 0.222. The Kier molecular flexibility index (Phi) is 4.59. The van der Waals surface area contributed by atoms with Gasteiger partial charge in [0.25, 0.3) is 0 Å². The molecule has 0 saturated heterocycles. The Balaban J connectivity index is 0.000000485. The van der Waals surface area contributed by atoms with Gasteiger partial charge in [0.05, 0.1) is 16.6 Å². The molecule has 0 aliphatic rings. The fourth-order valence-corrected chi connectivity index (χ4v) is 3.09. The number of para-hydroxylation sites is 2. The van der Waals surface area contributed by atoms with Crippen molar-refractivity contribution in [2.45, 2.75) is 13.5 Å². The molecular formula is C18H19BrN4. The van der Waals surface area contributed by atoms with E-state index in [0.717, 1.165) is 38.6 Å². The molecular weight excluding hydrogens is 352 g/mol.